The number of carboxylic acids is 1. The van der Waals surface area contributed by atoms with Crippen LogP contribution in [-0.2, 0) is 17.6 Å². The van der Waals surface area contributed by atoms with Crippen LogP contribution < -0.4 is 5.32 Å². The molecule has 0 spiro atoms. The van der Waals surface area contributed by atoms with Gasteiger partial charge in [0.05, 0.1) is 0 Å². The first-order chi connectivity index (χ1) is 7.77. The maximum absolute atomic E-state index is 10.4. The van der Waals surface area contributed by atoms with E-state index in [-0.39, 0.29) is 0 Å². The summed E-state index contributed by atoms with van der Waals surface area (Å²) in [5, 5.41) is 11.5. The molecule has 0 fully saturated rings. The summed E-state index contributed by atoms with van der Waals surface area (Å²) >= 11 is 0. The Morgan fingerprint density at radius 1 is 1.31 bits per heavy atom. The topological polar surface area (TPSA) is 49.3 Å². The quantitative estimate of drug-likeness (QED) is 0.765. The zero-order valence-electron chi connectivity index (χ0n) is 9.07. The lowest BCUT2D eigenvalue weighted by molar-refractivity contribution is -0.131. The monoisotopic (exact) mass is 217 g/mol. The van der Waals surface area contributed by atoms with E-state index < -0.39 is 5.97 Å². The van der Waals surface area contributed by atoms with Gasteiger partial charge in [-0.25, -0.2) is 4.79 Å². The molecule has 84 valence electrons. The van der Waals surface area contributed by atoms with Crippen molar-refractivity contribution in [3.63, 3.8) is 0 Å². The third kappa shape index (κ3) is 2.42. The second kappa shape index (κ2) is 4.84. The molecule has 0 radical (unpaired) electrons. The molecule has 0 bridgehead atoms. The van der Waals surface area contributed by atoms with Crippen molar-refractivity contribution in [1.29, 1.82) is 0 Å². The number of hydrogen-bond donors (Lipinski definition) is 2. The van der Waals surface area contributed by atoms with Crippen molar-refractivity contribution in [3.8, 4) is 0 Å². The van der Waals surface area contributed by atoms with Gasteiger partial charge in [-0.15, -0.1) is 0 Å². The van der Waals surface area contributed by atoms with Crippen LogP contribution in [0.3, 0.4) is 0 Å². The molecule has 0 saturated carbocycles. The molecule has 0 atom stereocenters. The van der Waals surface area contributed by atoms with Gasteiger partial charge in [-0.2, -0.15) is 0 Å². The third-order valence-corrected chi connectivity index (χ3v) is 2.86. The fourth-order valence-electron chi connectivity index (χ4n) is 2.12. The summed E-state index contributed by atoms with van der Waals surface area (Å²) in [6.07, 6.45) is 7.28. The highest BCUT2D eigenvalue weighted by molar-refractivity contribution is 5.80. The van der Waals surface area contributed by atoms with Crippen molar-refractivity contribution in [3.05, 3.63) is 41.6 Å². The highest BCUT2D eigenvalue weighted by Crippen LogP contribution is 2.27. The SMILES string of the molecule is O=C(O)/C=C/Nc1cccc2c1CCCC2. The minimum atomic E-state index is -0.933. The molecule has 0 amide bonds. The maximum Gasteiger partial charge on any atom is 0.329 e. The number of aliphatic carboxylic acids is 1. The number of aryl methyl sites for hydroxylation is 1. The van der Waals surface area contributed by atoms with Crippen LogP contribution in [-0.4, -0.2) is 11.1 Å². The van der Waals surface area contributed by atoms with Crippen molar-refractivity contribution >= 4 is 11.7 Å². The van der Waals surface area contributed by atoms with E-state index in [9.17, 15) is 4.79 Å². The molecule has 1 aliphatic carbocycles. The largest absolute Gasteiger partial charge is 0.478 e. The lowest BCUT2D eigenvalue weighted by atomic mass is 9.90. The number of carbonyl (C=O) groups is 1. The number of benzene rings is 1. The molecule has 2 N–H and O–H groups in total. The highest BCUT2D eigenvalue weighted by atomic mass is 16.4. The predicted molar refractivity (Wildman–Crippen MR) is 63.5 cm³/mol. The smallest absolute Gasteiger partial charge is 0.329 e. The molecule has 0 aliphatic heterocycles. The number of fused-ring (bicyclic) bond motifs is 1. The Morgan fingerprint density at radius 3 is 2.94 bits per heavy atom. The summed E-state index contributed by atoms with van der Waals surface area (Å²) < 4.78 is 0. The Bertz CT molecular complexity index is 424. The first-order valence-electron chi connectivity index (χ1n) is 5.54. The van der Waals surface area contributed by atoms with Crippen molar-refractivity contribution in [2.24, 2.45) is 0 Å². The standard InChI is InChI=1S/C13H15NO2/c15-13(16)8-9-14-12-7-3-5-10-4-1-2-6-11(10)12/h3,5,7-9,14H,1-2,4,6H2,(H,15,16)/b9-8+. The molecule has 1 aromatic carbocycles. The Kier molecular flexibility index (Phi) is 3.25. The molecule has 0 saturated heterocycles. The average Bonchev–Trinajstić information content (AvgIpc) is 2.29. The number of rotatable bonds is 3. The molecule has 1 aromatic rings. The Morgan fingerprint density at radius 2 is 2.12 bits per heavy atom. The lowest BCUT2D eigenvalue weighted by Crippen LogP contribution is -2.05. The Balaban J connectivity index is 2.17. The summed E-state index contributed by atoms with van der Waals surface area (Å²) in [5.41, 5.74) is 3.76. The summed E-state index contributed by atoms with van der Waals surface area (Å²) in [4.78, 5) is 10.4. The zero-order valence-corrected chi connectivity index (χ0v) is 9.07. The second-order valence-corrected chi connectivity index (χ2v) is 3.97. The molecule has 0 unspecified atom stereocenters. The van der Waals surface area contributed by atoms with Gasteiger partial charge >= 0.3 is 5.97 Å². The van der Waals surface area contributed by atoms with Gasteiger partial charge in [0.1, 0.15) is 0 Å². The zero-order chi connectivity index (χ0) is 11.4. The molecular formula is C13H15NO2. The molecule has 3 heteroatoms. The summed E-state index contributed by atoms with van der Waals surface area (Å²) in [6, 6.07) is 6.16. The normalized spacial score (nSPS) is 14.8. The van der Waals surface area contributed by atoms with Crippen molar-refractivity contribution in [1.82, 2.24) is 0 Å². The predicted octanol–water partition coefficient (Wildman–Crippen LogP) is 2.58. The first-order valence-corrected chi connectivity index (χ1v) is 5.54. The van der Waals surface area contributed by atoms with E-state index in [1.165, 1.54) is 30.2 Å². The van der Waals surface area contributed by atoms with Gasteiger partial charge in [0.25, 0.3) is 0 Å². The van der Waals surface area contributed by atoms with Crippen molar-refractivity contribution in [2.45, 2.75) is 25.7 Å². The van der Waals surface area contributed by atoms with E-state index in [4.69, 9.17) is 5.11 Å². The summed E-state index contributed by atoms with van der Waals surface area (Å²) in [7, 11) is 0. The second-order valence-electron chi connectivity index (χ2n) is 3.97. The molecule has 0 aromatic heterocycles. The number of anilines is 1. The number of carboxylic acid groups (broad SMARTS) is 1. The molecule has 2 rings (SSSR count). The van der Waals surface area contributed by atoms with Crippen molar-refractivity contribution in [2.75, 3.05) is 5.32 Å². The number of hydrogen-bond acceptors (Lipinski definition) is 2. The fraction of sp³-hybridized carbons (Fsp3) is 0.308. The molecule has 0 heterocycles. The Hall–Kier alpha value is -1.77. The van der Waals surface area contributed by atoms with Crippen LogP contribution in [0.2, 0.25) is 0 Å². The molecule has 16 heavy (non-hydrogen) atoms. The van der Waals surface area contributed by atoms with E-state index in [0.29, 0.717) is 0 Å². The van der Waals surface area contributed by atoms with Crippen LogP contribution in [0.4, 0.5) is 5.69 Å². The van der Waals surface area contributed by atoms with Crippen LogP contribution in [0.25, 0.3) is 0 Å². The van der Waals surface area contributed by atoms with Crippen LogP contribution >= 0.6 is 0 Å². The lowest BCUT2D eigenvalue weighted by Gasteiger charge is -2.18. The maximum atomic E-state index is 10.4. The minimum Gasteiger partial charge on any atom is -0.478 e. The number of nitrogens with one attached hydrogen (secondary N) is 1. The van der Waals surface area contributed by atoms with Crippen LogP contribution in [0, 0.1) is 0 Å². The van der Waals surface area contributed by atoms with Crippen LogP contribution in [0.1, 0.15) is 24.0 Å². The van der Waals surface area contributed by atoms with Crippen molar-refractivity contribution < 1.29 is 9.90 Å². The van der Waals surface area contributed by atoms with Gasteiger partial charge in [-0.3, -0.25) is 0 Å². The first kappa shape index (κ1) is 10.7. The van der Waals surface area contributed by atoms with E-state index in [2.05, 4.69) is 11.4 Å². The molecular weight excluding hydrogens is 202 g/mol. The van der Waals surface area contributed by atoms with E-state index in [1.807, 2.05) is 12.1 Å². The summed E-state index contributed by atoms with van der Waals surface area (Å²) in [6.45, 7) is 0. The fourth-order valence-corrected chi connectivity index (χ4v) is 2.12. The van der Waals surface area contributed by atoms with Gasteiger partial charge in [0.2, 0.25) is 0 Å². The van der Waals surface area contributed by atoms with Gasteiger partial charge in [-0.1, -0.05) is 12.1 Å². The minimum absolute atomic E-state index is 0.933. The van der Waals surface area contributed by atoms with E-state index in [1.54, 1.807) is 0 Å². The van der Waals surface area contributed by atoms with Crippen LogP contribution in [0.15, 0.2) is 30.5 Å². The van der Waals surface area contributed by atoms with Gasteiger partial charge in [0, 0.05) is 18.0 Å². The van der Waals surface area contributed by atoms with Gasteiger partial charge < -0.3 is 10.4 Å². The van der Waals surface area contributed by atoms with Gasteiger partial charge in [0.15, 0.2) is 0 Å². The van der Waals surface area contributed by atoms with E-state index >= 15 is 0 Å². The summed E-state index contributed by atoms with van der Waals surface area (Å²) in [5.74, 6) is -0.933. The molecule has 1 aliphatic rings. The van der Waals surface area contributed by atoms with E-state index in [0.717, 1.165) is 24.6 Å². The third-order valence-electron chi connectivity index (χ3n) is 2.86. The molecule has 3 nitrogen and oxygen atoms in total. The highest BCUT2D eigenvalue weighted by Gasteiger charge is 2.11. The average molecular weight is 217 g/mol. The van der Waals surface area contributed by atoms with Crippen LogP contribution in [0.5, 0.6) is 0 Å². The van der Waals surface area contributed by atoms with Gasteiger partial charge in [-0.05, 0) is 42.9 Å². The Labute approximate surface area is 94.8 Å².